The van der Waals surface area contributed by atoms with Crippen molar-refractivity contribution in [1.29, 1.82) is 0 Å². The van der Waals surface area contributed by atoms with Crippen LogP contribution < -0.4 is 10.5 Å². The minimum atomic E-state index is -0.544. The van der Waals surface area contributed by atoms with Crippen LogP contribution in [0, 0.1) is 5.82 Å². The van der Waals surface area contributed by atoms with Crippen molar-refractivity contribution >= 4 is 27.6 Å². The van der Waals surface area contributed by atoms with Crippen LogP contribution in [0.1, 0.15) is 17.3 Å². The Kier molecular flexibility index (Phi) is 4.80. The number of anilines is 1. The molecule has 0 bridgehead atoms. The molecule has 0 saturated carbocycles. The first-order valence-electron chi connectivity index (χ1n) is 6.20. The quantitative estimate of drug-likeness (QED) is 0.662. The third-order valence-electron chi connectivity index (χ3n) is 2.62. The van der Waals surface area contributed by atoms with Gasteiger partial charge >= 0.3 is 5.97 Å². The second-order valence-electron chi connectivity index (χ2n) is 4.15. The number of nitrogen functional groups attached to an aromatic ring is 1. The van der Waals surface area contributed by atoms with Crippen molar-refractivity contribution in [1.82, 2.24) is 0 Å². The monoisotopic (exact) mass is 353 g/mol. The molecule has 0 fully saturated rings. The summed E-state index contributed by atoms with van der Waals surface area (Å²) in [6, 6.07) is 8.91. The lowest BCUT2D eigenvalue weighted by atomic mass is 10.2. The molecule has 0 radical (unpaired) electrons. The number of esters is 1. The van der Waals surface area contributed by atoms with Crippen LogP contribution in [0.3, 0.4) is 0 Å². The van der Waals surface area contributed by atoms with E-state index in [1.54, 1.807) is 25.1 Å². The van der Waals surface area contributed by atoms with Gasteiger partial charge in [0, 0.05) is 11.8 Å². The van der Waals surface area contributed by atoms with E-state index in [0.717, 1.165) is 0 Å². The van der Waals surface area contributed by atoms with Crippen molar-refractivity contribution in [2.24, 2.45) is 0 Å². The predicted molar refractivity (Wildman–Crippen MR) is 81.0 cm³/mol. The van der Waals surface area contributed by atoms with E-state index < -0.39 is 11.8 Å². The van der Waals surface area contributed by atoms with E-state index in [0.29, 0.717) is 10.2 Å². The first-order chi connectivity index (χ1) is 10.0. The van der Waals surface area contributed by atoms with Crippen molar-refractivity contribution in [2.45, 2.75) is 6.92 Å². The molecule has 2 N–H and O–H groups in total. The molecule has 110 valence electrons. The number of hydrogen-bond donors (Lipinski definition) is 1. The fraction of sp³-hybridized carbons (Fsp3) is 0.133. The summed E-state index contributed by atoms with van der Waals surface area (Å²) in [5.74, 6) is -0.478. The average Bonchev–Trinajstić information content (AvgIpc) is 2.45. The van der Waals surface area contributed by atoms with E-state index in [-0.39, 0.29) is 23.7 Å². The molecule has 6 heteroatoms. The Morgan fingerprint density at radius 2 is 2.05 bits per heavy atom. The molecule has 21 heavy (non-hydrogen) atoms. The predicted octanol–water partition coefficient (Wildman–Crippen LogP) is 4.14. The summed E-state index contributed by atoms with van der Waals surface area (Å²) in [5, 5.41) is 0. The van der Waals surface area contributed by atoms with Crippen LogP contribution in [0.2, 0.25) is 0 Å². The summed E-state index contributed by atoms with van der Waals surface area (Å²) in [6.07, 6.45) is 0. The SMILES string of the molecule is CCOC(=O)c1cc(N)ccc1Oc1ccc(Br)c(F)c1. The number of carbonyl (C=O) groups excluding carboxylic acids is 1. The zero-order chi connectivity index (χ0) is 15.4. The van der Waals surface area contributed by atoms with Gasteiger partial charge in [-0.3, -0.25) is 0 Å². The largest absolute Gasteiger partial charge is 0.462 e. The second-order valence-corrected chi connectivity index (χ2v) is 5.01. The molecule has 0 aliphatic carbocycles. The molecular formula is C15H13BrFNO3. The third-order valence-corrected chi connectivity index (χ3v) is 3.26. The van der Waals surface area contributed by atoms with Gasteiger partial charge in [-0.15, -0.1) is 0 Å². The van der Waals surface area contributed by atoms with Crippen molar-refractivity contribution < 1.29 is 18.7 Å². The molecule has 0 unspecified atom stereocenters. The van der Waals surface area contributed by atoms with E-state index >= 15 is 0 Å². The highest BCUT2D eigenvalue weighted by atomic mass is 79.9. The van der Waals surface area contributed by atoms with E-state index in [4.69, 9.17) is 15.2 Å². The van der Waals surface area contributed by atoms with Crippen LogP contribution in [-0.2, 0) is 4.74 Å². The van der Waals surface area contributed by atoms with Crippen LogP contribution in [0.5, 0.6) is 11.5 Å². The fourth-order valence-electron chi connectivity index (χ4n) is 1.67. The highest BCUT2D eigenvalue weighted by Crippen LogP contribution is 2.29. The normalized spacial score (nSPS) is 10.2. The van der Waals surface area contributed by atoms with Gasteiger partial charge in [0.25, 0.3) is 0 Å². The Hall–Kier alpha value is -2.08. The number of nitrogens with two attached hydrogens (primary N) is 1. The van der Waals surface area contributed by atoms with Gasteiger partial charge in [-0.25, -0.2) is 9.18 Å². The average molecular weight is 354 g/mol. The molecule has 0 spiro atoms. The maximum absolute atomic E-state index is 13.5. The van der Waals surface area contributed by atoms with Gasteiger partial charge in [0.05, 0.1) is 11.1 Å². The Balaban J connectivity index is 2.34. The molecule has 2 aromatic carbocycles. The van der Waals surface area contributed by atoms with Crippen molar-refractivity contribution in [2.75, 3.05) is 12.3 Å². The Morgan fingerprint density at radius 1 is 1.29 bits per heavy atom. The molecule has 0 atom stereocenters. The molecule has 0 saturated heterocycles. The lowest BCUT2D eigenvalue weighted by Crippen LogP contribution is -2.07. The second kappa shape index (κ2) is 6.58. The van der Waals surface area contributed by atoms with Crippen molar-refractivity contribution in [3.8, 4) is 11.5 Å². The molecule has 0 amide bonds. The van der Waals surface area contributed by atoms with Gasteiger partial charge in [-0.05, 0) is 53.2 Å². The standard InChI is InChI=1S/C15H13BrFNO3/c1-2-20-15(19)11-7-9(18)3-6-14(11)21-10-4-5-12(16)13(17)8-10/h3-8H,2,18H2,1H3. The molecule has 2 aromatic rings. The van der Waals surface area contributed by atoms with Crippen molar-refractivity contribution in [3.05, 3.63) is 52.3 Å². The number of halogens is 2. The van der Waals surface area contributed by atoms with E-state index in [1.165, 1.54) is 18.2 Å². The molecule has 0 aromatic heterocycles. The number of rotatable bonds is 4. The summed E-state index contributed by atoms with van der Waals surface area (Å²) in [4.78, 5) is 11.9. The van der Waals surface area contributed by atoms with E-state index in [9.17, 15) is 9.18 Å². The third kappa shape index (κ3) is 3.72. The Bertz CT molecular complexity index is 676. The first kappa shape index (κ1) is 15.3. The molecule has 0 aliphatic heterocycles. The number of carbonyl (C=O) groups is 1. The van der Waals surface area contributed by atoms with Crippen LogP contribution in [0.25, 0.3) is 0 Å². The lowest BCUT2D eigenvalue weighted by Gasteiger charge is -2.11. The summed E-state index contributed by atoms with van der Waals surface area (Å²) in [6.45, 7) is 1.94. The molecule has 2 rings (SSSR count). The zero-order valence-corrected chi connectivity index (χ0v) is 12.8. The minimum absolute atomic E-state index is 0.195. The molecule has 0 heterocycles. The minimum Gasteiger partial charge on any atom is -0.462 e. The van der Waals surface area contributed by atoms with Gasteiger partial charge in [0.2, 0.25) is 0 Å². The van der Waals surface area contributed by atoms with Gasteiger partial charge in [-0.2, -0.15) is 0 Å². The number of ether oxygens (including phenoxy) is 2. The molecular weight excluding hydrogens is 341 g/mol. The number of benzene rings is 2. The molecule has 0 aliphatic rings. The molecule has 4 nitrogen and oxygen atoms in total. The number of hydrogen-bond acceptors (Lipinski definition) is 4. The first-order valence-corrected chi connectivity index (χ1v) is 7.00. The van der Waals surface area contributed by atoms with E-state index in [2.05, 4.69) is 15.9 Å². The summed E-state index contributed by atoms with van der Waals surface area (Å²) >= 11 is 3.06. The van der Waals surface area contributed by atoms with Gasteiger partial charge in [0.1, 0.15) is 22.9 Å². The Morgan fingerprint density at radius 3 is 2.71 bits per heavy atom. The van der Waals surface area contributed by atoms with Crippen molar-refractivity contribution in [3.63, 3.8) is 0 Å². The zero-order valence-electron chi connectivity index (χ0n) is 11.2. The van der Waals surface area contributed by atoms with Gasteiger partial charge in [0.15, 0.2) is 0 Å². The maximum Gasteiger partial charge on any atom is 0.342 e. The van der Waals surface area contributed by atoms with Gasteiger partial charge in [-0.1, -0.05) is 0 Å². The maximum atomic E-state index is 13.5. The Labute approximate surface area is 129 Å². The van der Waals surface area contributed by atoms with Gasteiger partial charge < -0.3 is 15.2 Å². The topological polar surface area (TPSA) is 61.5 Å². The smallest absolute Gasteiger partial charge is 0.342 e. The highest BCUT2D eigenvalue weighted by Gasteiger charge is 2.15. The van der Waals surface area contributed by atoms with Crippen LogP contribution in [0.4, 0.5) is 10.1 Å². The lowest BCUT2D eigenvalue weighted by molar-refractivity contribution is 0.0523. The highest BCUT2D eigenvalue weighted by molar-refractivity contribution is 9.10. The summed E-state index contributed by atoms with van der Waals surface area (Å²) in [5.41, 5.74) is 6.27. The van der Waals surface area contributed by atoms with E-state index in [1.807, 2.05) is 0 Å². The fourth-order valence-corrected chi connectivity index (χ4v) is 1.92. The summed E-state index contributed by atoms with van der Waals surface area (Å²) < 4.78 is 24.3. The van der Waals surface area contributed by atoms with Crippen LogP contribution >= 0.6 is 15.9 Å². The summed E-state index contributed by atoms with van der Waals surface area (Å²) in [7, 11) is 0. The van der Waals surface area contributed by atoms with Crippen LogP contribution in [-0.4, -0.2) is 12.6 Å². The van der Waals surface area contributed by atoms with Crippen LogP contribution in [0.15, 0.2) is 40.9 Å².